The Morgan fingerprint density at radius 1 is 0.814 bits per heavy atom. The van der Waals surface area contributed by atoms with Crippen LogP contribution in [0.15, 0.2) is 91.3 Å². The topological polar surface area (TPSA) is 101 Å². The third-order valence-electron chi connectivity index (χ3n) is 7.72. The first-order chi connectivity index (χ1) is 20.8. The molecule has 8 nitrogen and oxygen atoms in total. The number of aromatic amines is 2. The quantitative estimate of drug-likeness (QED) is 0.163. The molecule has 0 saturated heterocycles. The second-order valence-corrected chi connectivity index (χ2v) is 12.0. The molecule has 0 aliphatic rings. The highest BCUT2D eigenvalue weighted by atomic mass is 16.6. The summed E-state index contributed by atoms with van der Waals surface area (Å²) in [5, 5.41) is 14.9. The van der Waals surface area contributed by atoms with Crippen LogP contribution in [0.4, 0.5) is 4.79 Å². The number of fused-ring (bicyclic) bond motifs is 2. The highest BCUT2D eigenvalue weighted by molar-refractivity contribution is 5.84. The molecule has 0 fully saturated rings. The van der Waals surface area contributed by atoms with Gasteiger partial charge in [0.05, 0.1) is 6.04 Å². The van der Waals surface area contributed by atoms with Crippen molar-refractivity contribution in [2.45, 2.75) is 64.6 Å². The number of H-pyrrole nitrogens is 2. The average molecular weight is 575 g/mol. The van der Waals surface area contributed by atoms with E-state index in [0.717, 1.165) is 52.9 Å². The lowest BCUT2D eigenvalue weighted by Crippen LogP contribution is -2.37. The van der Waals surface area contributed by atoms with Gasteiger partial charge in [0.15, 0.2) is 5.82 Å². The minimum atomic E-state index is -0.624. The van der Waals surface area contributed by atoms with E-state index in [4.69, 9.17) is 14.9 Å². The SMILES string of the molecule is CC(C)(C)OC(=O)N[C@H](Cc1c[nH]c2ccccc12)c1nnc(CCc2c[nH]c3ccccc23)n1CCc1ccccc1. The highest BCUT2D eigenvalue weighted by Crippen LogP contribution is 2.26. The number of ether oxygens (including phenoxy) is 1. The van der Waals surface area contributed by atoms with Gasteiger partial charge in [0.25, 0.3) is 0 Å². The minimum absolute atomic E-state index is 0.445. The van der Waals surface area contributed by atoms with E-state index in [2.05, 4.69) is 80.6 Å². The molecule has 0 spiro atoms. The van der Waals surface area contributed by atoms with Crippen LogP contribution < -0.4 is 5.32 Å². The molecule has 0 aliphatic heterocycles. The van der Waals surface area contributed by atoms with Gasteiger partial charge in [-0.05, 0) is 62.4 Å². The molecule has 1 amide bonds. The molecule has 0 aliphatic carbocycles. The summed E-state index contributed by atoms with van der Waals surface area (Å²) >= 11 is 0. The Bertz CT molecular complexity index is 1830. The van der Waals surface area contributed by atoms with Gasteiger partial charge in [-0.1, -0.05) is 66.7 Å². The summed E-state index contributed by atoms with van der Waals surface area (Å²) in [5.41, 5.74) is 5.13. The van der Waals surface area contributed by atoms with E-state index in [1.807, 2.05) is 51.2 Å². The van der Waals surface area contributed by atoms with Crippen LogP contribution in [-0.2, 0) is 37.0 Å². The Balaban J connectivity index is 1.34. The van der Waals surface area contributed by atoms with Crippen molar-refractivity contribution in [2.24, 2.45) is 0 Å². The molecule has 3 aromatic heterocycles. The Kier molecular flexibility index (Phi) is 8.01. The standard InChI is InChI=1S/C35H38N6O2/c1-35(2,3)43-34(42)38-31(21-26-23-37-30-16-10-8-14-28(26)30)33-40-39-32(41(33)20-19-24-11-5-4-6-12-24)18-17-25-22-36-29-15-9-7-13-27(25)29/h4-16,22-23,31,36-37H,17-21H2,1-3H3,(H,38,42)/t31-/m1/s1. The maximum Gasteiger partial charge on any atom is 0.408 e. The summed E-state index contributed by atoms with van der Waals surface area (Å²) in [6, 6.07) is 26.5. The van der Waals surface area contributed by atoms with Gasteiger partial charge in [-0.3, -0.25) is 0 Å². The zero-order chi connectivity index (χ0) is 29.8. The maximum absolute atomic E-state index is 13.1. The number of aromatic nitrogens is 5. The summed E-state index contributed by atoms with van der Waals surface area (Å²) in [7, 11) is 0. The van der Waals surface area contributed by atoms with Crippen molar-refractivity contribution in [1.82, 2.24) is 30.0 Å². The zero-order valence-corrected chi connectivity index (χ0v) is 24.9. The van der Waals surface area contributed by atoms with Gasteiger partial charge in [-0.2, -0.15) is 0 Å². The van der Waals surface area contributed by atoms with Crippen LogP contribution in [0.5, 0.6) is 0 Å². The lowest BCUT2D eigenvalue weighted by molar-refractivity contribution is 0.0500. The number of hydrogen-bond acceptors (Lipinski definition) is 4. The first-order valence-corrected chi connectivity index (χ1v) is 14.9. The fourth-order valence-electron chi connectivity index (χ4n) is 5.68. The van der Waals surface area contributed by atoms with Crippen molar-refractivity contribution >= 4 is 27.9 Å². The molecule has 0 bridgehead atoms. The molecule has 8 heteroatoms. The molecule has 6 rings (SSSR count). The van der Waals surface area contributed by atoms with Crippen LogP contribution >= 0.6 is 0 Å². The third kappa shape index (κ3) is 6.64. The van der Waals surface area contributed by atoms with Gasteiger partial charge in [0, 0.05) is 53.6 Å². The largest absolute Gasteiger partial charge is 0.444 e. The lowest BCUT2D eigenvalue weighted by Gasteiger charge is -2.24. The number of hydrogen-bond donors (Lipinski definition) is 3. The van der Waals surface area contributed by atoms with E-state index in [-0.39, 0.29) is 0 Å². The minimum Gasteiger partial charge on any atom is -0.444 e. The number of nitrogens with one attached hydrogen (secondary N) is 3. The number of nitrogens with zero attached hydrogens (tertiary/aromatic N) is 3. The Labute approximate surface area is 251 Å². The number of carbonyl (C=O) groups excluding carboxylic acids is 1. The third-order valence-corrected chi connectivity index (χ3v) is 7.72. The number of para-hydroxylation sites is 2. The predicted molar refractivity (Wildman–Crippen MR) is 170 cm³/mol. The number of benzene rings is 3. The first-order valence-electron chi connectivity index (χ1n) is 14.9. The van der Waals surface area contributed by atoms with Crippen molar-refractivity contribution in [3.05, 3.63) is 120 Å². The van der Waals surface area contributed by atoms with Crippen LogP contribution in [0.25, 0.3) is 21.8 Å². The van der Waals surface area contributed by atoms with Gasteiger partial charge < -0.3 is 24.6 Å². The second kappa shape index (κ2) is 12.2. The number of amides is 1. The Hall–Kier alpha value is -4.85. The molecule has 3 aromatic carbocycles. The molecule has 0 unspecified atom stereocenters. The van der Waals surface area contributed by atoms with E-state index < -0.39 is 17.7 Å². The fraction of sp³-hybridized carbons (Fsp3) is 0.286. The Morgan fingerprint density at radius 2 is 1.44 bits per heavy atom. The smallest absolute Gasteiger partial charge is 0.408 e. The molecule has 3 N–H and O–H groups in total. The van der Waals surface area contributed by atoms with E-state index in [1.165, 1.54) is 16.5 Å². The van der Waals surface area contributed by atoms with Gasteiger partial charge in [0.1, 0.15) is 11.4 Å². The van der Waals surface area contributed by atoms with Gasteiger partial charge in [-0.25, -0.2) is 4.79 Å². The number of alkyl carbamates (subject to hydrolysis) is 1. The molecular weight excluding hydrogens is 536 g/mol. The average Bonchev–Trinajstić information content (AvgIpc) is 3.71. The van der Waals surface area contributed by atoms with Gasteiger partial charge >= 0.3 is 6.09 Å². The van der Waals surface area contributed by atoms with E-state index in [1.54, 1.807) is 0 Å². The van der Waals surface area contributed by atoms with Gasteiger partial charge in [-0.15, -0.1) is 10.2 Å². The molecule has 3 heterocycles. The van der Waals surface area contributed by atoms with Crippen LogP contribution in [0.1, 0.15) is 55.2 Å². The zero-order valence-electron chi connectivity index (χ0n) is 24.9. The van der Waals surface area contributed by atoms with Crippen LogP contribution in [0, 0.1) is 0 Å². The molecule has 0 saturated carbocycles. The molecule has 6 aromatic rings. The highest BCUT2D eigenvalue weighted by Gasteiger charge is 2.27. The second-order valence-electron chi connectivity index (χ2n) is 12.0. The van der Waals surface area contributed by atoms with E-state index in [0.29, 0.717) is 13.0 Å². The lowest BCUT2D eigenvalue weighted by atomic mass is 10.0. The first kappa shape index (κ1) is 28.3. The molecule has 1 atom stereocenters. The van der Waals surface area contributed by atoms with E-state index in [9.17, 15) is 4.79 Å². The van der Waals surface area contributed by atoms with Crippen molar-refractivity contribution in [2.75, 3.05) is 0 Å². The number of rotatable bonds is 10. The monoisotopic (exact) mass is 574 g/mol. The normalized spacial score (nSPS) is 12.5. The van der Waals surface area contributed by atoms with Crippen LogP contribution in [-0.4, -0.2) is 36.4 Å². The summed E-state index contributed by atoms with van der Waals surface area (Å²) in [5.74, 6) is 1.62. The predicted octanol–water partition coefficient (Wildman–Crippen LogP) is 7.08. The number of aryl methyl sites for hydroxylation is 3. The van der Waals surface area contributed by atoms with Crippen LogP contribution in [0.3, 0.4) is 0 Å². The van der Waals surface area contributed by atoms with E-state index >= 15 is 0 Å². The summed E-state index contributed by atoms with van der Waals surface area (Å²) in [4.78, 5) is 19.9. The molecule has 220 valence electrons. The fourth-order valence-corrected chi connectivity index (χ4v) is 5.68. The summed E-state index contributed by atoms with van der Waals surface area (Å²) in [6.45, 7) is 6.29. The molecular formula is C35H38N6O2. The molecule has 0 radical (unpaired) electrons. The van der Waals surface area contributed by atoms with Crippen molar-refractivity contribution in [3.63, 3.8) is 0 Å². The summed E-state index contributed by atoms with van der Waals surface area (Å²) in [6.07, 6.45) is 6.51. The molecule has 43 heavy (non-hydrogen) atoms. The van der Waals surface area contributed by atoms with Gasteiger partial charge in [0.2, 0.25) is 0 Å². The Morgan fingerprint density at radius 3 is 2.14 bits per heavy atom. The van der Waals surface area contributed by atoms with Crippen molar-refractivity contribution in [3.8, 4) is 0 Å². The number of carbonyl (C=O) groups is 1. The van der Waals surface area contributed by atoms with Crippen molar-refractivity contribution in [1.29, 1.82) is 0 Å². The van der Waals surface area contributed by atoms with Crippen molar-refractivity contribution < 1.29 is 9.53 Å². The van der Waals surface area contributed by atoms with Crippen LogP contribution in [0.2, 0.25) is 0 Å². The maximum atomic E-state index is 13.1. The summed E-state index contributed by atoms with van der Waals surface area (Å²) < 4.78 is 7.88.